The van der Waals surface area contributed by atoms with E-state index in [1.165, 1.54) is 11.3 Å². The van der Waals surface area contributed by atoms with Crippen LogP contribution in [0.25, 0.3) is 0 Å². The second-order valence-corrected chi connectivity index (χ2v) is 7.43. The van der Waals surface area contributed by atoms with Gasteiger partial charge in [0.15, 0.2) is 11.5 Å². The number of hydrogen-bond donors (Lipinski definition) is 1. The number of pyridine rings is 1. The zero-order valence-electron chi connectivity index (χ0n) is 17.0. The van der Waals surface area contributed by atoms with Gasteiger partial charge in [-0.2, -0.15) is 5.10 Å². The maximum atomic E-state index is 11.5. The summed E-state index contributed by atoms with van der Waals surface area (Å²) >= 11 is 7.15. The zero-order valence-corrected chi connectivity index (χ0v) is 18.6. The summed E-state index contributed by atoms with van der Waals surface area (Å²) in [5, 5.41) is 7.00. The summed E-state index contributed by atoms with van der Waals surface area (Å²) in [6.45, 7) is 2.46. The fourth-order valence-corrected chi connectivity index (χ4v) is 3.27. The van der Waals surface area contributed by atoms with Gasteiger partial charge in [-0.3, -0.25) is 10.2 Å². The van der Waals surface area contributed by atoms with Gasteiger partial charge in [0.25, 0.3) is 0 Å². The van der Waals surface area contributed by atoms with Crippen molar-refractivity contribution in [2.24, 2.45) is 5.10 Å². The molecule has 0 amide bonds. The first-order valence-electron chi connectivity index (χ1n) is 9.37. The third-order valence-electron chi connectivity index (χ3n) is 3.93. The van der Waals surface area contributed by atoms with Crippen LogP contribution in [0.3, 0.4) is 0 Å². The fraction of sp³-hybridized carbons (Fsp3) is 0.238. The van der Waals surface area contributed by atoms with Crippen molar-refractivity contribution in [3.63, 3.8) is 0 Å². The van der Waals surface area contributed by atoms with Crippen LogP contribution in [0.2, 0.25) is 5.15 Å². The lowest BCUT2D eigenvalue weighted by Gasteiger charge is -2.11. The number of aromatic nitrogens is 2. The molecule has 162 valence electrons. The Hall–Kier alpha value is -3.17. The maximum absolute atomic E-state index is 11.5. The molecule has 3 rings (SSSR count). The van der Waals surface area contributed by atoms with Crippen molar-refractivity contribution in [2.75, 3.05) is 19.1 Å². The number of ether oxygens (including phenoxy) is 3. The average Bonchev–Trinajstić information content (AvgIpc) is 3.21. The summed E-state index contributed by atoms with van der Waals surface area (Å²) in [6.07, 6.45) is 3.45. The summed E-state index contributed by atoms with van der Waals surface area (Å²) in [5.74, 6) is 0.882. The van der Waals surface area contributed by atoms with E-state index in [9.17, 15) is 4.79 Å². The number of halogens is 1. The van der Waals surface area contributed by atoms with Gasteiger partial charge in [-0.1, -0.05) is 17.7 Å². The Kier molecular flexibility index (Phi) is 8.19. The van der Waals surface area contributed by atoms with E-state index in [0.29, 0.717) is 40.7 Å². The molecule has 0 atom stereocenters. The molecule has 0 radical (unpaired) electrons. The summed E-state index contributed by atoms with van der Waals surface area (Å²) < 4.78 is 16.2. The summed E-state index contributed by atoms with van der Waals surface area (Å²) in [5.41, 5.74) is 5.20. The molecule has 10 heteroatoms. The van der Waals surface area contributed by atoms with Crippen LogP contribution >= 0.6 is 22.9 Å². The van der Waals surface area contributed by atoms with Crippen LogP contribution in [0.5, 0.6) is 11.5 Å². The molecule has 0 unspecified atom stereocenters. The van der Waals surface area contributed by atoms with Gasteiger partial charge in [0.2, 0.25) is 5.13 Å². The molecular weight excluding hydrogens is 440 g/mol. The monoisotopic (exact) mass is 460 g/mol. The number of esters is 1. The Morgan fingerprint density at radius 3 is 2.90 bits per heavy atom. The highest BCUT2D eigenvalue weighted by molar-refractivity contribution is 7.13. The molecule has 0 saturated heterocycles. The van der Waals surface area contributed by atoms with Crippen molar-refractivity contribution in [3.8, 4) is 11.5 Å². The first kappa shape index (κ1) is 22.5. The average molecular weight is 461 g/mol. The van der Waals surface area contributed by atoms with E-state index in [2.05, 4.69) is 20.5 Å². The van der Waals surface area contributed by atoms with Crippen molar-refractivity contribution in [2.45, 2.75) is 20.0 Å². The van der Waals surface area contributed by atoms with Gasteiger partial charge in [0.1, 0.15) is 11.8 Å². The highest BCUT2D eigenvalue weighted by atomic mass is 35.5. The molecule has 0 aliphatic rings. The second kappa shape index (κ2) is 11.3. The van der Waals surface area contributed by atoms with Crippen molar-refractivity contribution in [3.05, 3.63) is 63.9 Å². The first-order chi connectivity index (χ1) is 15.1. The van der Waals surface area contributed by atoms with Gasteiger partial charge in [-0.25, -0.2) is 9.97 Å². The molecule has 0 aliphatic heterocycles. The third kappa shape index (κ3) is 6.94. The lowest BCUT2D eigenvalue weighted by molar-refractivity contribution is -0.142. The minimum atomic E-state index is -0.301. The van der Waals surface area contributed by atoms with Gasteiger partial charge in [0, 0.05) is 17.1 Å². The van der Waals surface area contributed by atoms with Gasteiger partial charge in [0.05, 0.1) is 32.0 Å². The third-order valence-corrected chi connectivity index (χ3v) is 4.95. The zero-order chi connectivity index (χ0) is 22.1. The number of thiazole rings is 1. The number of hydrogen-bond acceptors (Lipinski definition) is 9. The van der Waals surface area contributed by atoms with Crippen molar-refractivity contribution < 1.29 is 19.0 Å². The Bertz CT molecular complexity index is 1040. The van der Waals surface area contributed by atoms with Gasteiger partial charge in [-0.05, 0) is 36.8 Å². The second-order valence-electron chi connectivity index (χ2n) is 6.18. The molecule has 0 fully saturated rings. The SMILES string of the molecule is CCOC(=O)Cc1csc(NN=Cc2ccc(OCc3ccc(Cl)nc3)c(OC)c2)n1. The topological polar surface area (TPSA) is 94.9 Å². The standard InChI is InChI=1S/C21H21ClN4O4S/c1-3-29-20(27)9-16-13-31-21(25-16)26-24-11-14-4-6-17(18(8-14)28-2)30-12-15-5-7-19(22)23-10-15/h4-8,10-11,13H,3,9,12H2,1-2H3,(H,25,26). The minimum Gasteiger partial charge on any atom is -0.493 e. The first-order valence-corrected chi connectivity index (χ1v) is 10.6. The molecule has 0 spiro atoms. The van der Waals surface area contributed by atoms with Crippen LogP contribution in [0.1, 0.15) is 23.7 Å². The number of nitrogens with zero attached hydrogens (tertiary/aromatic N) is 3. The van der Waals surface area contributed by atoms with E-state index in [-0.39, 0.29) is 12.4 Å². The molecule has 8 nitrogen and oxygen atoms in total. The van der Waals surface area contributed by atoms with Crippen LogP contribution < -0.4 is 14.9 Å². The Labute approximate surface area is 188 Å². The Morgan fingerprint density at radius 1 is 1.29 bits per heavy atom. The lowest BCUT2D eigenvalue weighted by atomic mass is 10.2. The van der Waals surface area contributed by atoms with Crippen molar-refractivity contribution in [1.29, 1.82) is 0 Å². The predicted octanol–water partition coefficient (Wildman–Crippen LogP) is 4.33. The van der Waals surface area contributed by atoms with Gasteiger partial charge >= 0.3 is 5.97 Å². The minimum absolute atomic E-state index is 0.139. The summed E-state index contributed by atoms with van der Waals surface area (Å²) in [6, 6.07) is 9.05. The maximum Gasteiger partial charge on any atom is 0.311 e. The number of benzene rings is 1. The normalized spacial score (nSPS) is 10.8. The molecule has 0 bridgehead atoms. The number of carbonyl (C=O) groups is 1. The number of methoxy groups -OCH3 is 1. The molecule has 3 aromatic rings. The van der Waals surface area contributed by atoms with Gasteiger partial charge < -0.3 is 14.2 Å². The van der Waals surface area contributed by atoms with E-state index in [0.717, 1.165) is 11.1 Å². The van der Waals surface area contributed by atoms with Gasteiger partial charge in [-0.15, -0.1) is 11.3 Å². The molecule has 31 heavy (non-hydrogen) atoms. The highest BCUT2D eigenvalue weighted by Crippen LogP contribution is 2.28. The number of carbonyl (C=O) groups excluding carboxylic acids is 1. The quantitative estimate of drug-likeness (QED) is 0.208. The highest BCUT2D eigenvalue weighted by Gasteiger charge is 2.08. The molecule has 1 aromatic carbocycles. The predicted molar refractivity (Wildman–Crippen MR) is 120 cm³/mol. The number of hydrazone groups is 1. The molecule has 0 aliphatic carbocycles. The van der Waals surface area contributed by atoms with Crippen molar-refractivity contribution >= 4 is 40.3 Å². The summed E-state index contributed by atoms with van der Waals surface area (Å²) in [7, 11) is 1.58. The fourth-order valence-electron chi connectivity index (χ4n) is 2.50. The molecule has 2 aromatic heterocycles. The molecule has 2 heterocycles. The van der Waals surface area contributed by atoms with Crippen LogP contribution in [-0.2, 0) is 22.6 Å². The molecule has 1 N–H and O–H groups in total. The molecular formula is C21H21ClN4O4S. The summed E-state index contributed by atoms with van der Waals surface area (Å²) in [4.78, 5) is 19.8. The lowest BCUT2D eigenvalue weighted by Crippen LogP contribution is -2.07. The molecule has 0 saturated carbocycles. The number of rotatable bonds is 10. The van der Waals surface area contributed by atoms with Crippen molar-refractivity contribution in [1.82, 2.24) is 9.97 Å². The largest absolute Gasteiger partial charge is 0.493 e. The van der Waals surface area contributed by atoms with E-state index in [4.69, 9.17) is 25.8 Å². The van der Waals surface area contributed by atoms with Crippen LogP contribution in [-0.4, -0.2) is 35.9 Å². The van der Waals surface area contributed by atoms with Crippen LogP contribution in [0, 0.1) is 0 Å². The Morgan fingerprint density at radius 2 is 2.16 bits per heavy atom. The van der Waals surface area contributed by atoms with E-state index < -0.39 is 0 Å². The smallest absolute Gasteiger partial charge is 0.311 e. The van der Waals surface area contributed by atoms with E-state index in [1.54, 1.807) is 37.9 Å². The Balaban J connectivity index is 1.56. The van der Waals surface area contributed by atoms with Crippen LogP contribution in [0.4, 0.5) is 5.13 Å². The van der Waals surface area contributed by atoms with E-state index in [1.807, 2.05) is 24.3 Å². The number of nitrogens with one attached hydrogen (secondary N) is 1. The van der Waals surface area contributed by atoms with Crippen LogP contribution in [0.15, 0.2) is 47.0 Å². The van der Waals surface area contributed by atoms with E-state index >= 15 is 0 Å². The number of anilines is 1.